The van der Waals surface area contributed by atoms with E-state index in [0.717, 1.165) is 24.6 Å². The molecule has 3 heteroatoms. The third-order valence-electron chi connectivity index (χ3n) is 2.52. The molecular weight excluding hydrogens is 188 g/mol. The average Bonchev–Trinajstić information content (AvgIpc) is 2.26. The average molecular weight is 202 g/mol. The second-order valence-electron chi connectivity index (χ2n) is 3.73. The van der Waals surface area contributed by atoms with Crippen LogP contribution in [-0.2, 0) is 4.79 Å². The smallest absolute Gasteiger partial charge is 0.270 e. The standard InChI is InChI=1S/C12H14N2O/c1-2-3-6-11-12(15)14-10-8-5-4-7-9(10)13-11/h4-5,7-8,11H,2-3,6H2,1H3. The number of carbonyl (C=O) groups excluding carboxylic acids is 1. The lowest BCUT2D eigenvalue weighted by Gasteiger charge is -2.10. The van der Waals surface area contributed by atoms with Gasteiger partial charge in [-0.05, 0) is 18.6 Å². The molecular formula is C12H14N2O. The largest absolute Gasteiger partial charge is 0.271 e. The first-order valence-corrected chi connectivity index (χ1v) is 5.36. The molecule has 0 fully saturated rings. The van der Waals surface area contributed by atoms with E-state index in [2.05, 4.69) is 16.9 Å². The van der Waals surface area contributed by atoms with Crippen LogP contribution >= 0.6 is 0 Å². The molecule has 2 rings (SSSR count). The molecule has 1 aromatic carbocycles. The SMILES string of the molecule is CCCCC1N=c2ccccc2=NC1=O. The molecule has 1 unspecified atom stereocenters. The van der Waals surface area contributed by atoms with Gasteiger partial charge in [0.1, 0.15) is 6.04 Å². The molecule has 1 aromatic rings. The summed E-state index contributed by atoms with van der Waals surface area (Å²) in [5, 5.41) is 1.55. The predicted octanol–water partition coefficient (Wildman–Crippen LogP) is 1.02. The van der Waals surface area contributed by atoms with Crippen LogP contribution in [0.25, 0.3) is 0 Å². The van der Waals surface area contributed by atoms with Crippen molar-refractivity contribution in [3.63, 3.8) is 0 Å². The number of unbranched alkanes of at least 4 members (excludes halogenated alkanes) is 1. The molecule has 0 aliphatic carbocycles. The van der Waals surface area contributed by atoms with E-state index in [4.69, 9.17) is 0 Å². The molecule has 1 heterocycles. The van der Waals surface area contributed by atoms with Gasteiger partial charge in [-0.15, -0.1) is 0 Å². The molecule has 0 bridgehead atoms. The number of rotatable bonds is 3. The van der Waals surface area contributed by atoms with Gasteiger partial charge in [0.15, 0.2) is 0 Å². The summed E-state index contributed by atoms with van der Waals surface area (Å²) in [6, 6.07) is 7.28. The molecule has 3 nitrogen and oxygen atoms in total. The van der Waals surface area contributed by atoms with Crippen LogP contribution < -0.4 is 10.7 Å². The van der Waals surface area contributed by atoms with Crippen LogP contribution in [0.5, 0.6) is 0 Å². The number of nitrogens with zero attached hydrogens (tertiary/aromatic N) is 2. The van der Waals surface area contributed by atoms with E-state index in [1.165, 1.54) is 0 Å². The number of para-hydroxylation sites is 2. The van der Waals surface area contributed by atoms with Crippen LogP contribution in [0.3, 0.4) is 0 Å². The van der Waals surface area contributed by atoms with Crippen molar-refractivity contribution in [2.45, 2.75) is 32.2 Å². The molecule has 0 N–H and O–H groups in total. The zero-order valence-corrected chi connectivity index (χ0v) is 8.81. The van der Waals surface area contributed by atoms with Gasteiger partial charge in [0.05, 0.1) is 10.7 Å². The van der Waals surface area contributed by atoms with Gasteiger partial charge >= 0.3 is 0 Å². The van der Waals surface area contributed by atoms with Crippen molar-refractivity contribution in [1.82, 2.24) is 0 Å². The maximum Gasteiger partial charge on any atom is 0.271 e. The van der Waals surface area contributed by atoms with Gasteiger partial charge in [0, 0.05) is 0 Å². The molecule has 0 radical (unpaired) electrons. The van der Waals surface area contributed by atoms with E-state index >= 15 is 0 Å². The van der Waals surface area contributed by atoms with E-state index in [-0.39, 0.29) is 11.9 Å². The van der Waals surface area contributed by atoms with E-state index in [9.17, 15) is 4.79 Å². The number of hydrogen-bond acceptors (Lipinski definition) is 2. The predicted molar refractivity (Wildman–Crippen MR) is 57.1 cm³/mol. The monoisotopic (exact) mass is 202 g/mol. The Morgan fingerprint density at radius 1 is 1.27 bits per heavy atom. The summed E-state index contributed by atoms with van der Waals surface area (Å²) >= 11 is 0. The van der Waals surface area contributed by atoms with E-state index in [0.29, 0.717) is 5.36 Å². The normalized spacial score (nSPS) is 19.0. The van der Waals surface area contributed by atoms with Crippen LogP contribution in [0, 0.1) is 0 Å². The number of fused-ring (bicyclic) bond motifs is 1. The van der Waals surface area contributed by atoms with Crippen LogP contribution in [0.4, 0.5) is 0 Å². The van der Waals surface area contributed by atoms with Gasteiger partial charge in [-0.25, -0.2) is 4.99 Å². The highest BCUT2D eigenvalue weighted by atomic mass is 16.1. The van der Waals surface area contributed by atoms with Gasteiger partial charge in [-0.1, -0.05) is 31.9 Å². The highest BCUT2D eigenvalue weighted by Gasteiger charge is 2.18. The molecule has 1 atom stereocenters. The molecule has 0 saturated heterocycles. The summed E-state index contributed by atoms with van der Waals surface area (Å²) in [6.07, 6.45) is 2.92. The van der Waals surface area contributed by atoms with Gasteiger partial charge < -0.3 is 0 Å². The molecule has 1 aliphatic heterocycles. The highest BCUT2D eigenvalue weighted by molar-refractivity contribution is 5.83. The molecule has 0 saturated carbocycles. The quantitative estimate of drug-likeness (QED) is 0.721. The second-order valence-corrected chi connectivity index (χ2v) is 3.73. The third kappa shape index (κ3) is 2.12. The summed E-state index contributed by atoms with van der Waals surface area (Å²) in [7, 11) is 0. The van der Waals surface area contributed by atoms with Gasteiger partial charge in [0.25, 0.3) is 5.91 Å². The Hall–Kier alpha value is -1.51. The number of carbonyl (C=O) groups is 1. The fourth-order valence-corrected chi connectivity index (χ4v) is 1.67. The van der Waals surface area contributed by atoms with Crippen molar-refractivity contribution in [2.75, 3.05) is 0 Å². The van der Waals surface area contributed by atoms with E-state index in [1.807, 2.05) is 24.3 Å². The maximum atomic E-state index is 11.6. The second kappa shape index (κ2) is 4.34. The summed E-state index contributed by atoms with van der Waals surface area (Å²) in [4.78, 5) is 20.1. The molecule has 15 heavy (non-hydrogen) atoms. The molecule has 0 spiro atoms. The number of hydrogen-bond donors (Lipinski definition) is 0. The first kappa shape index (κ1) is 10.0. The first-order valence-electron chi connectivity index (χ1n) is 5.36. The van der Waals surface area contributed by atoms with Crippen molar-refractivity contribution < 1.29 is 4.79 Å². The zero-order valence-electron chi connectivity index (χ0n) is 8.81. The minimum atomic E-state index is -0.250. The molecule has 1 aliphatic rings. The fraction of sp³-hybridized carbons (Fsp3) is 0.417. The lowest BCUT2D eigenvalue weighted by molar-refractivity contribution is -0.119. The van der Waals surface area contributed by atoms with Crippen molar-refractivity contribution in [2.24, 2.45) is 9.98 Å². The van der Waals surface area contributed by atoms with Gasteiger partial charge in [-0.2, -0.15) is 0 Å². The van der Waals surface area contributed by atoms with Gasteiger partial charge in [0.2, 0.25) is 0 Å². The van der Waals surface area contributed by atoms with Crippen molar-refractivity contribution in [3.05, 3.63) is 35.0 Å². The summed E-state index contributed by atoms with van der Waals surface area (Å²) in [5.41, 5.74) is 0. The Labute approximate surface area is 88.6 Å². The Kier molecular flexibility index (Phi) is 2.90. The lowest BCUT2D eigenvalue weighted by Crippen LogP contribution is -2.36. The summed E-state index contributed by atoms with van der Waals surface area (Å²) in [6.45, 7) is 2.11. The van der Waals surface area contributed by atoms with Crippen LogP contribution in [0.2, 0.25) is 0 Å². The van der Waals surface area contributed by atoms with Crippen molar-refractivity contribution >= 4 is 5.91 Å². The first-order chi connectivity index (χ1) is 7.31. The maximum absolute atomic E-state index is 11.6. The Morgan fingerprint density at radius 3 is 2.73 bits per heavy atom. The minimum Gasteiger partial charge on any atom is -0.270 e. The minimum absolute atomic E-state index is 0.0952. The molecule has 78 valence electrons. The number of amides is 1. The Balaban J connectivity index is 2.34. The van der Waals surface area contributed by atoms with Crippen LogP contribution in [-0.4, -0.2) is 11.9 Å². The summed E-state index contributed by atoms with van der Waals surface area (Å²) in [5.74, 6) is -0.0952. The van der Waals surface area contributed by atoms with Crippen LogP contribution in [0.1, 0.15) is 26.2 Å². The fourth-order valence-electron chi connectivity index (χ4n) is 1.67. The third-order valence-corrected chi connectivity index (χ3v) is 2.52. The van der Waals surface area contributed by atoms with E-state index < -0.39 is 0 Å². The summed E-state index contributed by atoms with van der Waals surface area (Å²) < 4.78 is 0. The van der Waals surface area contributed by atoms with Crippen molar-refractivity contribution in [1.29, 1.82) is 0 Å². The Bertz CT molecular complexity index is 479. The molecule has 1 amide bonds. The van der Waals surface area contributed by atoms with E-state index in [1.54, 1.807) is 0 Å². The van der Waals surface area contributed by atoms with Crippen LogP contribution in [0.15, 0.2) is 34.3 Å². The van der Waals surface area contributed by atoms with Crippen molar-refractivity contribution in [3.8, 4) is 0 Å². The Morgan fingerprint density at radius 2 is 2.00 bits per heavy atom. The molecule has 0 aromatic heterocycles. The number of benzene rings is 1. The van der Waals surface area contributed by atoms with Gasteiger partial charge in [-0.3, -0.25) is 9.79 Å². The zero-order chi connectivity index (χ0) is 10.7. The topological polar surface area (TPSA) is 41.8 Å². The highest BCUT2D eigenvalue weighted by Crippen LogP contribution is 2.06. The lowest BCUT2D eigenvalue weighted by atomic mass is 10.1.